The smallest absolute Gasteiger partial charge is 0.406 e. The van der Waals surface area contributed by atoms with Crippen LogP contribution in [0.1, 0.15) is 12.6 Å². The Labute approximate surface area is 100 Å². The van der Waals surface area contributed by atoms with Gasteiger partial charge in [-0.25, -0.2) is 0 Å². The number of hydrogen-bond donors (Lipinski definition) is 1. The zero-order valence-corrected chi connectivity index (χ0v) is 10.3. The molecule has 17 heavy (non-hydrogen) atoms. The Balaban J connectivity index is 2.73. The molecule has 1 aromatic rings. The summed E-state index contributed by atoms with van der Waals surface area (Å²) in [7, 11) is 1.85. The minimum Gasteiger partial charge on any atom is -0.485 e. The number of rotatable bonds is 6. The van der Waals surface area contributed by atoms with E-state index in [1.54, 1.807) is 19.1 Å². The van der Waals surface area contributed by atoms with Gasteiger partial charge in [-0.05, 0) is 29.1 Å². The largest absolute Gasteiger partial charge is 0.485 e. The lowest BCUT2D eigenvalue weighted by molar-refractivity contribution is -0.390. The lowest BCUT2D eigenvalue weighted by Gasteiger charge is -2.12. The molecule has 6 nitrogen and oxygen atoms in total. The van der Waals surface area contributed by atoms with E-state index < -0.39 is 4.92 Å². The first-order valence-corrected chi connectivity index (χ1v) is 5.44. The second-order valence-corrected chi connectivity index (χ2v) is 4.01. The van der Waals surface area contributed by atoms with E-state index >= 15 is 0 Å². The van der Waals surface area contributed by atoms with Crippen LogP contribution in [0.15, 0.2) is 12.1 Å². The zero-order valence-electron chi connectivity index (χ0n) is 10.3. The van der Waals surface area contributed by atoms with E-state index in [0.717, 1.165) is 6.54 Å². The predicted molar refractivity (Wildman–Crippen MR) is 64.2 cm³/mol. The lowest BCUT2D eigenvalue weighted by Crippen LogP contribution is -2.22. The molecule has 1 aromatic heterocycles. The van der Waals surface area contributed by atoms with Gasteiger partial charge in [0.05, 0.1) is 6.61 Å². The molecule has 0 aromatic carbocycles. The van der Waals surface area contributed by atoms with Crippen molar-refractivity contribution in [3.8, 4) is 5.75 Å². The minimum atomic E-state index is -0.523. The Bertz CT molecular complexity index is 396. The molecule has 1 rings (SSSR count). The summed E-state index contributed by atoms with van der Waals surface area (Å²) in [5.74, 6) is 0.283. The SMILES string of the molecule is CNCC(C)COc1ccc(C)nc1[N+](=O)[O-]. The van der Waals surface area contributed by atoms with Crippen LogP contribution in [0.25, 0.3) is 0 Å². The summed E-state index contributed by atoms with van der Waals surface area (Å²) in [5, 5.41) is 13.8. The van der Waals surface area contributed by atoms with Gasteiger partial charge in [0.25, 0.3) is 0 Å². The van der Waals surface area contributed by atoms with Crippen LogP contribution in [0.4, 0.5) is 5.82 Å². The predicted octanol–water partition coefficient (Wildman–Crippen LogP) is 1.53. The second-order valence-electron chi connectivity index (χ2n) is 4.01. The molecule has 0 fully saturated rings. The van der Waals surface area contributed by atoms with Crippen LogP contribution < -0.4 is 10.1 Å². The van der Waals surface area contributed by atoms with E-state index in [2.05, 4.69) is 10.3 Å². The highest BCUT2D eigenvalue weighted by Gasteiger charge is 2.18. The molecule has 0 aliphatic rings. The maximum atomic E-state index is 10.8. The summed E-state index contributed by atoms with van der Waals surface area (Å²) in [6.45, 7) is 4.93. The topological polar surface area (TPSA) is 77.3 Å². The van der Waals surface area contributed by atoms with Gasteiger partial charge >= 0.3 is 5.82 Å². The monoisotopic (exact) mass is 239 g/mol. The highest BCUT2D eigenvalue weighted by atomic mass is 16.6. The van der Waals surface area contributed by atoms with Crippen LogP contribution in [0.2, 0.25) is 0 Å². The van der Waals surface area contributed by atoms with Crippen LogP contribution >= 0.6 is 0 Å². The highest BCUT2D eigenvalue weighted by molar-refractivity contribution is 5.40. The number of aromatic nitrogens is 1. The molecule has 0 bridgehead atoms. The molecular formula is C11H17N3O3. The van der Waals surface area contributed by atoms with Crippen LogP contribution in [0, 0.1) is 23.0 Å². The third kappa shape index (κ3) is 3.99. The van der Waals surface area contributed by atoms with Crippen molar-refractivity contribution >= 4 is 5.82 Å². The lowest BCUT2D eigenvalue weighted by atomic mass is 10.2. The fourth-order valence-electron chi connectivity index (χ4n) is 1.41. The third-order valence-corrected chi connectivity index (χ3v) is 2.23. The molecule has 1 N–H and O–H groups in total. The van der Waals surface area contributed by atoms with Gasteiger partial charge in [0.1, 0.15) is 5.69 Å². The van der Waals surface area contributed by atoms with Crippen LogP contribution in [-0.4, -0.2) is 30.1 Å². The highest BCUT2D eigenvalue weighted by Crippen LogP contribution is 2.24. The molecule has 0 radical (unpaired) electrons. The second kappa shape index (κ2) is 6.15. The molecule has 1 heterocycles. The van der Waals surface area contributed by atoms with Crippen molar-refractivity contribution in [3.63, 3.8) is 0 Å². The molecule has 1 atom stereocenters. The molecule has 0 amide bonds. The Morgan fingerprint density at radius 1 is 1.59 bits per heavy atom. The van der Waals surface area contributed by atoms with Gasteiger partial charge in [0.15, 0.2) is 0 Å². The Kier molecular flexibility index (Phi) is 4.84. The number of aryl methyl sites for hydroxylation is 1. The van der Waals surface area contributed by atoms with E-state index in [-0.39, 0.29) is 17.5 Å². The number of nitro groups is 1. The number of nitrogens with one attached hydrogen (secondary N) is 1. The van der Waals surface area contributed by atoms with Crippen molar-refractivity contribution in [2.24, 2.45) is 5.92 Å². The molecule has 0 spiro atoms. The molecular weight excluding hydrogens is 222 g/mol. The van der Waals surface area contributed by atoms with Crippen molar-refractivity contribution in [2.45, 2.75) is 13.8 Å². The normalized spacial score (nSPS) is 12.2. The molecule has 6 heteroatoms. The summed E-state index contributed by atoms with van der Waals surface area (Å²) < 4.78 is 5.42. The molecule has 0 aliphatic heterocycles. The maximum Gasteiger partial charge on any atom is 0.406 e. The van der Waals surface area contributed by atoms with Gasteiger partial charge < -0.3 is 20.2 Å². The first-order valence-electron chi connectivity index (χ1n) is 5.44. The van der Waals surface area contributed by atoms with Crippen molar-refractivity contribution in [1.82, 2.24) is 10.3 Å². The summed E-state index contributed by atoms with van der Waals surface area (Å²) in [6.07, 6.45) is 0. The fourth-order valence-corrected chi connectivity index (χ4v) is 1.41. The van der Waals surface area contributed by atoms with Gasteiger partial charge in [-0.3, -0.25) is 0 Å². The Hall–Kier alpha value is -1.69. The van der Waals surface area contributed by atoms with E-state index in [0.29, 0.717) is 12.3 Å². The molecule has 0 saturated heterocycles. The Morgan fingerprint density at radius 3 is 2.88 bits per heavy atom. The average Bonchev–Trinajstić information content (AvgIpc) is 2.27. The number of nitrogens with zero attached hydrogens (tertiary/aromatic N) is 2. The fraction of sp³-hybridized carbons (Fsp3) is 0.545. The Morgan fingerprint density at radius 2 is 2.29 bits per heavy atom. The van der Waals surface area contributed by atoms with Crippen molar-refractivity contribution in [2.75, 3.05) is 20.2 Å². The van der Waals surface area contributed by atoms with Crippen molar-refractivity contribution in [3.05, 3.63) is 27.9 Å². The van der Waals surface area contributed by atoms with Gasteiger partial charge in [-0.2, -0.15) is 0 Å². The molecule has 1 unspecified atom stereocenters. The van der Waals surface area contributed by atoms with E-state index in [1.165, 1.54) is 0 Å². The first-order chi connectivity index (χ1) is 8.04. The van der Waals surface area contributed by atoms with Gasteiger partial charge in [-0.1, -0.05) is 6.92 Å². The number of pyridine rings is 1. The van der Waals surface area contributed by atoms with Crippen LogP contribution in [0.5, 0.6) is 5.75 Å². The van der Waals surface area contributed by atoms with Gasteiger partial charge in [-0.15, -0.1) is 0 Å². The molecule has 94 valence electrons. The summed E-state index contributed by atoms with van der Waals surface area (Å²) in [6, 6.07) is 3.29. The van der Waals surface area contributed by atoms with Crippen molar-refractivity contribution in [1.29, 1.82) is 0 Å². The van der Waals surface area contributed by atoms with Crippen LogP contribution in [-0.2, 0) is 0 Å². The van der Waals surface area contributed by atoms with Crippen LogP contribution in [0.3, 0.4) is 0 Å². The van der Waals surface area contributed by atoms with E-state index in [9.17, 15) is 10.1 Å². The summed E-state index contributed by atoms with van der Waals surface area (Å²) in [4.78, 5) is 14.1. The zero-order chi connectivity index (χ0) is 12.8. The standard InChI is InChI=1S/C11H17N3O3/c1-8(6-12-3)7-17-10-5-4-9(2)13-11(10)14(15)16/h4-5,8,12H,6-7H2,1-3H3. The summed E-state index contributed by atoms with van der Waals surface area (Å²) >= 11 is 0. The molecule has 0 saturated carbocycles. The average molecular weight is 239 g/mol. The third-order valence-electron chi connectivity index (χ3n) is 2.23. The first kappa shape index (κ1) is 13.4. The van der Waals surface area contributed by atoms with E-state index in [1.807, 2.05) is 14.0 Å². The van der Waals surface area contributed by atoms with Gasteiger partial charge in [0.2, 0.25) is 5.75 Å². The number of hydrogen-bond acceptors (Lipinski definition) is 5. The molecule has 0 aliphatic carbocycles. The van der Waals surface area contributed by atoms with Gasteiger partial charge in [0, 0.05) is 19.4 Å². The number of ether oxygens (including phenoxy) is 1. The maximum absolute atomic E-state index is 10.8. The van der Waals surface area contributed by atoms with E-state index in [4.69, 9.17) is 4.74 Å². The quantitative estimate of drug-likeness (QED) is 0.601. The minimum absolute atomic E-state index is 0.221. The van der Waals surface area contributed by atoms with Crippen molar-refractivity contribution < 1.29 is 9.66 Å². The summed E-state index contributed by atoms with van der Waals surface area (Å²) in [5.41, 5.74) is 0.604.